The van der Waals surface area contributed by atoms with E-state index in [-0.39, 0.29) is 11.9 Å². The molecule has 0 atom stereocenters. The van der Waals surface area contributed by atoms with E-state index in [1.54, 1.807) is 4.90 Å². The first-order valence-electron chi connectivity index (χ1n) is 9.37. The Morgan fingerprint density at radius 1 is 1.20 bits per heavy atom. The highest BCUT2D eigenvalue weighted by atomic mass is 16.2. The number of nitrogens with zero attached hydrogens (tertiary/aromatic N) is 3. The molecule has 0 aromatic heterocycles. The summed E-state index contributed by atoms with van der Waals surface area (Å²) in [6, 6.07) is 7.41. The maximum atomic E-state index is 13.0. The molecule has 1 saturated heterocycles. The Labute approximate surface area is 178 Å². The molecular weight excluding hydrogens is 382 g/mol. The molecule has 1 heterocycles. The van der Waals surface area contributed by atoms with Crippen LogP contribution in [0.15, 0.2) is 58.3 Å². The van der Waals surface area contributed by atoms with Crippen LogP contribution < -0.4 is 11.1 Å². The van der Waals surface area contributed by atoms with Gasteiger partial charge in [-0.25, -0.2) is 4.99 Å². The van der Waals surface area contributed by atoms with Gasteiger partial charge in [-0.1, -0.05) is 31.7 Å². The minimum absolute atomic E-state index is 0.0512. The van der Waals surface area contributed by atoms with Crippen LogP contribution in [0.2, 0.25) is 0 Å². The Balaban J connectivity index is 0.00000198. The van der Waals surface area contributed by atoms with E-state index in [2.05, 4.69) is 21.9 Å². The molecule has 30 heavy (non-hydrogen) atoms. The van der Waals surface area contributed by atoms with Gasteiger partial charge in [-0.15, -0.1) is 0 Å². The first-order chi connectivity index (χ1) is 14.4. The van der Waals surface area contributed by atoms with E-state index in [0.717, 1.165) is 23.4 Å². The molecule has 1 aliphatic heterocycles. The Bertz CT molecular complexity index is 809. The first-order valence-corrected chi connectivity index (χ1v) is 9.37. The summed E-state index contributed by atoms with van der Waals surface area (Å²) in [5.74, 6) is 0.708. The number of allylic oxidation sites excluding steroid dienone is 2. The van der Waals surface area contributed by atoms with Gasteiger partial charge in [-0.2, -0.15) is 0 Å². The third kappa shape index (κ3) is 7.12. The number of nitrogen functional groups attached to an aromatic ring is 1. The number of hydrogen-bond acceptors (Lipinski definition) is 6. The van der Waals surface area contributed by atoms with Crippen molar-refractivity contribution < 1.29 is 14.4 Å². The summed E-state index contributed by atoms with van der Waals surface area (Å²) >= 11 is 0. The first kappa shape index (κ1) is 26.4. The number of carbonyl (C=O) groups excluding carboxylic acids is 3. The molecule has 1 fully saturated rings. The fourth-order valence-electron chi connectivity index (χ4n) is 2.50. The fourth-order valence-corrected chi connectivity index (χ4v) is 2.50. The molecule has 0 bridgehead atoms. The van der Waals surface area contributed by atoms with Crippen molar-refractivity contribution in [1.82, 2.24) is 10.2 Å². The van der Waals surface area contributed by atoms with Crippen LogP contribution >= 0.6 is 0 Å². The van der Waals surface area contributed by atoms with Gasteiger partial charge in [0.25, 0.3) is 5.91 Å². The Hall–Kier alpha value is -3.55. The molecule has 0 unspecified atom stereocenters. The predicted molar refractivity (Wildman–Crippen MR) is 122 cm³/mol. The van der Waals surface area contributed by atoms with Crippen molar-refractivity contribution in [3.05, 3.63) is 53.9 Å². The quantitative estimate of drug-likeness (QED) is 0.720. The number of nitrogens with two attached hydrogens (primary N) is 1. The summed E-state index contributed by atoms with van der Waals surface area (Å²) in [7, 11) is 0. The molecule has 0 radical (unpaired) electrons. The molecule has 1 aromatic rings. The third-order valence-corrected chi connectivity index (χ3v) is 4.02. The Morgan fingerprint density at radius 3 is 2.23 bits per heavy atom. The van der Waals surface area contributed by atoms with E-state index < -0.39 is 0 Å². The Morgan fingerprint density at radius 2 is 1.77 bits per heavy atom. The monoisotopic (exact) mass is 413 g/mol. The second kappa shape index (κ2) is 13.6. The minimum Gasteiger partial charge on any atom is -0.399 e. The molecule has 3 N–H and O–H groups in total. The molecule has 162 valence electrons. The molecule has 1 amide bonds. The number of amidine groups is 2. The SMILES string of the molecule is C=C(CC)N=C1/C(=C\C)NC(=NCc2ccc(N)cc2)C(=O)N1C(C)C.C=O.C=O. The number of rotatable bonds is 5. The molecule has 0 saturated carbocycles. The standard InChI is InChI=1S/C20H27N5O.2CH2O/c1-6-14(5)23-19-17(7-2)24-18(20(26)25(19)13(3)4)22-12-15-8-10-16(21)11-9-15;2*1-2/h7-11,13H,5-6,12,21H2,1-4H3,(H,22,24);2*1H2/b17-7+,23-19?;;. The van der Waals surface area contributed by atoms with E-state index >= 15 is 0 Å². The van der Waals surface area contributed by atoms with Crippen LogP contribution in [-0.2, 0) is 20.9 Å². The zero-order chi connectivity index (χ0) is 23.3. The van der Waals surface area contributed by atoms with Crippen LogP contribution in [0.4, 0.5) is 5.69 Å². The number of piperazine rings is 1. The topological polar surface area (TPSA) is 117 Å². The van der Waals surface area contributed by atoms with Crippen molar-refractivity contribution in [3.63, 3.8) is 0 Å². The summed E-state index contributed by atoms with van der Waals surface area (Å²) in [4.78, 5) is 39.7. The van der Waals surface area contributed by atoms with Crippen molar-refractivity contribution in [2.75, 3.05) is 5.73 Å². The minimum atomic E-state index is -0.191. The number of anilines is 1. The average Bonchev–Trinajstić information content (AvgIpc) is 2.76. The normalized spacial score (nSPS) is 17.2. The fraction of sp³-hybridized carbons (Fsp3) is 0.318. The number of amides is 1. The maximum Gasteiger partial charge on any atom is 0.295 e. The van der Waals surface area contributed by atoms with E-state index in [9.17, 15) is 4.79 Å². The van der Waals surface area contributed by atoms with Crippen molar-refractivity contribution in [2.45, 2.75) is 46.7 Å². The van der Waals surface area contributed by atoms with Gasteiger partial charge in [-0.3, -0.25) is 14.7 Å². The molecule has 2 rings (SSSR count). The van der Waals surface area contributed by atoms with Gasteiger partial charge in [0.05, 0.1) is 12.2 Å². The highest BCUT2D eigenvalue weighted by Crippen LogP contribution is 2.17. The largest absolute Gasteiger partial charge is 0.399 e. The van der Waals surface area contributed by atoms with E-state index in [1.807, 2.05) is 71.6 Å². The average molecular weight is 414 g/mol. The molecule has 0 spiro atoms. The molecular formula is C22H31N5O3. The summed E-state index contributed by atoms with van der Waals surface area (Å²) in [6.07, 6.45) is 2.61. The molecule has 1 aliphatic rings. The Kier molecular flexibility index (Phi) is 12.0. The lowest BCUT2D eigenvalue weighted by molar-refractivity contribution is -0.122. The van der Waals surface area contributed by atoms with Crippen molar-refractivity contribution in [2.24, 2.45) is 9.98 Å². The number of carbonyl (C=O) groups is 3. The number of aliphatic imine (C=N–C) groups is 2. The highest BCUT2D eigenvalue weighted by Gasteiger charge is 2.34. The van der Waals surface area contributed by atoms with Crippen LogP contribution in [0, 0.1) is 0 Å². The summed E-state index contributed by atoms with van der Waals surface area (Å²) < 4.78 is 0. The van der Waals surface area contributed by atoms with Gasteiger partial charge < -0.3 is 20.6 Å². The zero-order valence-corrected chi connectivity index (χ0v) is 18.1. The van der Waals surface area contributed by atoms with E-state index in [0.29, 0.717) is 23.9 Å². The van der Waals surface area contributed by atoms with E-state index in [4.69, 9.17) is 15.3 Å². The van der Waals surface area contributed by atoms with Gasteiger partial charge >= 0.3 is 0 Å². The van der Waals surface area contributed by atoms with Crippen molar-refractivity contribution in [3.8, 4) is 0 Å². The van der Waals surface area contributed by atoms with Gasteiger partial charge in [0, 0.05) is 17.4 Å². The van der Waals surface area contributed by atoms with E-state index in [1.165, 1.54) is 0 Å². The second-order valence-electron chi connectivity index (χ2n) is 6.36. The van der Waals surface area contributed by atoms with Gasteiger partial charge in [0.15, 0.2) is 11.7 Å². The number of benzene rings is 1. The molecule has 0 aliphatic carbocycles. The highest BCUT2D eigenvalue weighted by molar-refractivity contribution is 6.44. The molecule has 8 heteroatoms. The predicted octanol–water partition coefficient (Wildman–Crippen LogP) is 2.86. The lowest BCUT2D eigenvalue weighted by Gasteiger charge is -2.34. The molecule has 8 nitrogen and oxygen atoms in total. The zero-order valence-electron chi connectivity index (χ0n) is 18.1. The summed E-state index contributed by atoms with van der Waals surface area (Å²) in [6.45, 7) is 16.1. The number of nitrogens with one attached hydrogen (secondary N) is 1. The summed E-state index contributed by atoms with van der Waals surface area (Å²) in [5, 5.41) is 3.12. The van der Waals surface area contributed by atoms with Crippen LogP contribution in [-0.4, -0.2) is 42.1 Å². The lowest BCUT2D eigenvalue weighted by atomic mass is 10.1. The summed E-state index contributed by atoms with van der Waals surface area (Å²) in [5.41, 5.74) is 8.87. The van der Waals surface area contributed by atoms with Crippen LogP contribution in [0.5, 0.6) is 0 Å². The lowest BCUT2D eigenvalue weighted by Crippen LogP contribution is -2.56. The smallest absolute Gasteiger partial charge is 0.295 e. The van der Waals surface area contributed by atoms with Crippen molar-refractivity contribution in [1.29, 1.82) is 0 Å². The maximum absolute atomic E-state index is 13.0. The van der Waals surface area contributed by atoms with Crippen LogP contribution in [0.25, 0.3) is 0 Å². The van der Waals surface area contributed by atoms with Gasteiger partial charge in [-0.05, 0) is 44.9 Å². The second-order valence-corrected chi connectivity index (χ2v) is 6.36. The third-order valence-electron chi connectivity index (χ3n) is 4.02. The number of hydrogen-bond donors (Lipinski definition) is 2. The molecule has 1 aromatic carbocycles. The van der Waals surface area contributed by atoms with Crippen molar-refractivity contribution >= 4 is 36.8 Å². The van der Waals surface area contributed by atoms with Gasteiger partial charge in [0.2, 0.25) is 0 Å². The van der Waals surface area contributed by atoms with Crippen LogP contribution in [0.1, 0.15) is 39.7 Å². The van der Waals surface area contributed by atoms with Gasteiger partial charge in [0.1, 0.15) is 13.6 Å². The van der Waals surface area contributed by atoms with Crippen LogP contribution in [0.3, 0.4) is 0 Å².